The molecular formula is C19H25NO5. The van der Waals surface area contributed by atoms with Gasteiger partial charge in [-0.25, -0.2) is 4.79 Å². The summed E-state index contributed by atoms with van der Waals surface area (Å²) in [7, 11) is 0. The van der Waals surface area contributed by atoms with Crippen molar-refractivity contribution in [3.8, 4) is 0 Å². The molecule has 1 aromatic carbocycles. The molecule has 1 fully saturated rings. The summed E-state index contributed by atoms with van der Waals surface area (Å²) >= 11 is 0. The molecule has 1 amide bonds. The molecule has 1 atom stereocenters. The van der Waals surface area contributed by atoms with E-state index in [0.29, 0.717) is 31.9 Å². The lowest BCUT2D eigenvalue weighted by Gasteiger charge is -2.33. The molecule has 0 aromatic heterocycles. The molecule has 0 radical (unpaired) electrons. The molecule has 25 heavy (non-hydrogen) atoms. The smallest absolute Gasteiger partial charge is 0.338 e. The van der Waals surface area contributed by atoms with Crippen LogP contribution in [0.15, 0.2) is 18.2 Å². The molecule has 136 valence electrons. The molecule has 6 nitrogen and oxygen atoms in total. The van der Waals surface area contributed by atoms with Crippen LogP contribution in [0.4, 0.5) is 5.69 Å². The molecular weight excluding hydrogens is 322 g/mol. The van der Waals surface area contributed by atoms with Gasteiger partial charge in [-0.05, 0) is 57.4 Å². The minimum absolute atomic E-state index is 0.0781. The van der Waals surface area contributed by atoms with Gasteiger partial charge >= 0.3 is 5.97 Å². The summed E-state index contributed by atoms with van der Waals surface area (Å²) in [5, 5.41) is 0. The average molecular weight is 347 g/mol. The zero-order valence-electron chi connectivity index (χ0n) is 15.0. The second-order valence-electron chi connectivity index (χ2n) is 7.37. The Kier molecular flexibility index (Phi) is 5.11. The number of aryl methyl sites for hydroxylation is 1. The van der Waals surface area contributed by atoms with Gasteiger partial charge in [-0.3, -0.25) is 4.79 Å². The lowest BCUT2D eigenvalue weighted by atomic mass is 9.98. The van der Waals surface area contributed by atoms with Crippen LogP contribution in [-0.2, 0) is 25.4 Å². The highest BCUT2D eigenvalue weighted by atomic mass is 16.6. The molecule has 0 bridgehead atoms. The Morgan fingerprint density at radius 2 is 2.04 bits per heavy atom. The summed E-state index contributed by atoms with van der Waals surface area (Å²) in [6, 6.07) is 5.38. The van der Waals surface area contributed by atoms with Crippen LogP contribution in [0.5, 0.6) is 0 Å². The van der Waals surface area contributed by atoms with Crippen molar-refractivity contribution in [3.63, 3.8) is 0 Å². The van der Waals surface area contributed by atoms with Gasteiger partial charge in [-0.2, -0.15) is 0 Å². The Morgan fingerprint density at radius 3 is 2.72 bits per heavy atom. The lowest BCUT2D eigenvalue weighted by Crippen LogP contribution is -2.47. The van der Waals surface area contributed by atoms with Crippen molar-refractivity contribution in [3.05, 3.63) is 29.3 Å². The molecule has 6 heteroatoms. The van der Waals surface area contributed by atoms with Gasteiger partial charge in [0.15, 0.2) is 6.10 Å². The highest BCUT2D eigenvalue weighted by molar-refractivity contribution is 5.99. The van der Waals surface area contributed by atoms with Crippen LogP contribution in [0, 0.1) is 0 Å². The third-order valence-electron chi connectivity index (χ3n) is 4.19. The average Bonchev–Trinajstić information content (AvgIpc) is 2.59. The van der Waals surface area contributed by atoms with Crippen molar-refractivity contribution in [2.75, 3.05) is 31.3 Å². The van der Waals surface area contributed by atoms with Gasteiger partial charge in [0.1, 0.15) is 5.60 Å². The van der Waals surface area contributed by atoms with Crippen molar-refractivity contribution < 1.29 is 23.8 Å². The summed E-state index contributed by atoms with van der Waals surface area (Å²) in [5.74, 6) is -0.423. The molecule has 2 aliphatic heterocycles. The van der Waals surface area contributed by atoms with E-state index in [4.69, 9.17) is 14.2 Å². The Balaban J connectivity index is 1.80. The highest BCUT2D eigenvalue weighted by Gasteiger charge is 2.31. The largest absolute Gasteiger partial charge is 0.456 e. The maximum absolute atomic E-state index is 12.8. The summed E-state index contributed by atoms with van der Waals surface area (Å²) in [5.41, 5.74) is 1.81. The van der Waals surface area contributed by atoms with Crippen LogP contribution in [0.1, 0.15) is 43.1 Å². The first-order valence-corrected chi connectivity index (χ1v) is 8.72. The summed E-state index contributed by atoms with van der Waals surface area (Å²) in [4.78, 5) is 26.8. The number of carbonyl (C=O) groups excluding carboxylic acids is 2. The molecule has 2 heterocycles. The van der Waals surface area contributed by atoms with E-state index in [-0.39, 0.29) is 11.9 Å². The van der Waals surface area contributed by atoms with E-state index < -0.39 is 11.7 Å². The molecule has 2 aliphatic rings. The highest BCUT2D eigenvalue weighted by Crippen LogP contribution is 2.30. The third kappa shape index (κ3) is 4.19. The standard InChI is InChI=1S/C19H25NO5/c1-19(2,3)25-18(22)14-6-7-15-13(11-14)5-4-8-20(15)17(21)16-12-23-9-10-24-16/h6-7,11,16H,4-5,8-10,12H2,1-3H3. The van der Waals surface area contributed by atoms with E-state index in [1.807, 2.05) is 32.9 Å². The Labute approximate surface area is 148 Å². The molecule has 0 saturated carbocycles. The number of amides is 1. The number of fused-ring (bicyclic) bond motifs is 1. The quantitative estimate of drug-likeness (QED) is 0.768. The van der Waals surface area contributed by atoms with Gasteiger partial charge in [0.05, 0.1) is 25.4 Å². The predicted octanol–water partition coefficient (Wildman–Crippen LogP) is 2.34. The topological polar surface area (TPSA) is 65.1 Å². The number of hydrogen-bond donors (Lipinski definition) is 0. The summed E-state index contributed by atoms with van der Waals surface area (Å²) in [6.07, 6.45) is 1.13. The minimum atomic E-state index is -0.551. The zero-order valence-corrected chi connectivity index (χ0v) is 15.0. The predicted molar refractivity (Wildman–Crippen MR) is 92.8 cm³/mol. The normalized spacial score (nSPS) is 20.8. The Hall–Kier alpha value is -1.92. The number of benzene rings is 1. The number of nitrogens with zero attached hydrogens (tertiary/aromatic N) is 1. The number of esters is 1. The zero-order chi connectivity index (χ0) is 18.0. The third-order valence-corrected chi connectivity index (χ3v) is 4.19. The van der Waals surface area contributed by atoms with E-state index in [1.54, 1.807) is 11.0 Å². The Morgan fingerprint density at radius 1 is 1.24 bits per heavy atom. The number of hydrogen-bond acceptors (Lipinski definition) is 5. The number of anilines is 1. The van der Waals surface area contributed by atoms with Crippen molar-refractivity contribution in [2.24, 2.45) is 0 Å². The lowest BCUT2D eigenvalue weighted by molar-refractivity contribution is -0.144. The van der Waals surface area contributed by atoms with Crippen molar-refractivity contribution in [2.45, 2.75) is 45.3 Å². The molecule has 3 rings (SSSR count). The van der Waals surface area contributed by atoms with E-state index in [1.165, 1.54) is 0 Å². The van der Waals surface area contributed by atoms with Gasteiger partial charge in [0.25, 0.3) is 5.91 Å². The molecule has 1 aromatic rings. The van der Waals surface area contributed by atoms with E-state index in [9.17, 15) is 9.59 Å². The van der Waals surface area contributed by atoms with Crippen molar-refractivity contribution >= 4 is 17.6 Å². The fourth-order valence-corrected chi connectivity index (χ4v) is 3.09. The van der Waals surface area contributed by atoms with E-state index in [0.717, 1.165) is 24.1 Å². The summed E-state index contributed by atoms with van der Waals surface area (Å²) < 4.78 is 16.3. The first-order chi connectivity index (χ1) is 11.8. The maximum atomic E-state index is 12.8. The fraction of sp³-hybridized carbons (Fsp3) is 0.579. The minimum Gasteiger partial charge on any atom is -0.456 e. The fourth-order valence-electron chi connectivity index (χ4n) is 3.09. The van der Waals surface area contributed by atoms with Gasteiger partial charge in [0.2, 0.25) is 0 Å². The SMILES string of the molecule is CC(C)(C)OC(=O)c1ccc2c(c1)CCCN2C(=O)C1COCCO1. The maximum Gasteiger partial charge on any atom is 0.338 e. The van der Waals surface area contributed by atoms with Crippen LogP contribution in [0.25, 0.3) is 0 Å². The second kappa shape index (κ2) is 7.14. The number of carbonyl (C=O) groups is 2. The molecule has 1 unspecified atom stereocenters. The monoisotopic (exact) mass is 347 g/mol. The summed E-state index contributed by atoms with van der Waals surface area (Å²) in [6.45, 7) is 7.44. The van der Waals surface area contributed by atoms with Crippen LogP contribution >= 0.6 is 0 Å². The number of ether oxygens (including phenoxy) is 3. The van der Waals surface area contributed by atoms with Crippen molar-refractivity contribution in [1.82, 2.24) is 0 Å². The molecule has 0 aliphatic carbocycles. The van der Waals surface area contributed by atoms with Crippen LogP contribution < -0.4 is 4.90 Å². The van der Waals surface area contributed by atoms with Gasteiger partial charge in [-0.15, -0.1) is 0 Å². The molecule has 0 N–H and O–H groups in total. The number of rotatable bonds is 2. The van der Waals surface area contributed by atoms with Gasteiger partial charge in [0, 0.05) is 12.2 Å². The van der Waals surface area contributed by atoms with E-state index >= 15 is 0 Å². The first-order valence-electron chi connectivity index (χ1n) is 8.72. The van der Waals surface area contributed by atoms with Gasteiger partial charge in [-0.1, -0.05) is 0 Å². The van der Waals surface area contributed by atoms with Gasteiger partial charge < -0.3 is 19.1 Å². The Bertz CT molecular complexity index is 658. The van der Waals surface area contributed by atoms with Crippen LogP contribution in [0.3, 0.4) is 0 Å². The molecule has 1 saturated heterocycles. The first kappa shape index (κ1) is 17.9. The van der Waals surface area contributed by atoms with Crippen LogP contribution in [-0.4, -0.2) is 49.9 Å². The van der Waals surface area contributed by atoms with Crippen LogP contribution in [0.2, 0.25) is 0 Å². The van der Waals surface area contributed by atoms with Crippen molar-refractivity contribution in [1.29, 1.82) is 0 Å². The molecule has 0 spiro atoms. The van der Waals surface area contributed by atoms with E-state index in [2.05, 4.69) is 0 Å². The second-order valence-corrected chi connectivity index (χ2v) is 7.37.